The van der Waals surface area contributed by atoms with E-state index in [1.807, 2.05) is 36.4 Å². The molecule has 0 saturated heterocycles. The maximum absolute atomic E-state index is 13.6. The summed E-state index contributed by atoms with van der Waals surface area (Å²) in [6, 6.07) is 11.2. The smallest absolute Gasteiger partial charge is 0.226 e. The molecule has 0 bridgehead atoms. The number of allylic oxidation sites excluding steroid dienone is 2. The topological polar surface area (TPSA) is 96.7 Å². The fourth-order valence-corrected chi connectivity index (χ4v) is 4.82. The quantitative estimate of drug-likeness (QED) is 0.592. The van der Waals surface area contributed by atoms with E-state index in [-0.39, 0.29) is 17.7 Å². The third kappa shape index (κ3) is 3.53. The van der Waals surface area contributed by atoms with Crippen LogP contribution in [0.4, 0.5) is 5.95 Å². The number of ketones is 1. The first-order valence-electron chi connectivity index (χ1n) is 10.9. The molecule has 0 saturated carbocycles. The van der Waals surface area contributed by atoms with Crippen LogP contribution in [-0.2, 0) is 4.79 Å². The summed E-state index contributed by atoms with van der Waals surface area (Å²) in [6.45, 7) is 0. The van der Waals surface area contributed by atoms with Gasteiger partial charge in [0, 0.05) is 17.7 Å². The van der Waals surface area contributed by atoms with Gasteiger partial charge in [0.15, 0.2) is 17.3 Å². The standard InChI is InChI=1S/C25H26N4O5/c1-31-17-7-5-14(6-8-17)23-22-18(28-25-26-13-27-29(23)25)9-15(10-19(22)30)16-11-20(32-2)24(34-4)21(12-16)33-3/h5-8,11-13,15,23H,9-10H2,1-4H3,(H,26,27,28)/t15-,23-/m0/s1. The summed E-state index contributed by atoms with van der Waals surface area (Å²) in [7, 11) is 6.37. The Morgan fingerprint density at radius 2 is 1.62 bits per heavy atom. The minimum absolute atomic E-state index is 0.0570. The van der Waals surface area contributed by atoms with E-state index in [1.165, 1.54) is 6.33 Å². The van der Waals surface area contributed by atoms with Crippen LogP contribution in [0.25, 0.3) is 0 Å². The molecule has 34 heavy (non-hydrogen) atoms. The summed E-state index contributed by atoms with van der Waals surface area (Å²) in [5, 5.41) is 7.75. The number of hydrogen-bond donors (Lipinski definition) is 1. The van der Waals surface area contributed by atoms with Crippen LogP contribution in [0.5, 0.6) is 23.0 Å². The number of Topliss-reactive ketones (excluding diaryl/α,β-unsaturated/α-hetero) is 1. The minimum Gasteiger partial charge on any atom is -0.497 e. The molecular weight excluding hydrogens is 436 g/mol. The maximum atomic E-state index is 13.6. The van der Waals surface area contributed by atoms with Crippen LogP contribution >= 0.6 is 0 Å². The number of carbonyl (C=O) groups is 1. The Labute approximate surface area is 197 Å². The second-order valence-corrected chi connectivity index (χ2v) is 8.21. The van der Waals surface area contributed by atoms with Gasteiger partial charge in [0.2, 0.25) is 11.7 Å². The highest BCUT2D eigenvalue weighted by atomic mass is 16.5. The number of ether oxygens (including phenoxy) is 4. The molecule has 0 fully saturated rings. The van der Waals surface area contributed by atoms with E-state index < -0.39 is 0 Å². The Hall–Kier alpha value is -4.01. The van der Waals surface area contributed by atoms with E-state index in [0.29, 0.717) is 41.6 Å². The summed E-state index contributed by atoms with van der Waals surface area (Å²) >= 11 is 0. The highest BCUT2D eigenvalue weighted by Gasteiger charge is 2.39. The predicted octanol–water partition coefficient (Wildman–Crippen LogP) is 3.73. The number of nitrogens with zero attached hydrogens (tertiary/aromatic N) is 3. The Kier molecular flexibility index (Phi) is 5.61. The molecule has 0 unspecified atom stereocenters. The van der Waals surface area contributed by atoms with Crippen molar-refractivity contribution in [1.82, 2.24) is 14.8 Å². The number of methoxy groups -OCH3 is 4. The highest BCUT2D eigenvalue weighted by molar-refractivity contribution is 6.00. The fourth-order valence-electron chi connectivity index (χ4n) is 4.82. The zero-order valence-corrected chi connectivity index (χ0v) is 19.5. The van der Waals surface area contributed by atoms with E-state index >= 15 is 0 Å². The zero-order chi connectivity index (χ0) is 23.8. The number of benzene rings is 2. The van der Waals surface area contributed by atoms with Gasteiger partial charge in [-0.25, -0.2) is 4.68 Å². The van der Waals surface area contributed by atoms with Crippen molar-refractivity contribution in [2.45, 2.75) is 24.8 Å². The second kappa shape index (κ2) is 8.74. The van der Waals surface area contributed by atoms with Crippen LogP contribution in [0.15, 0.2) is 54.0 Å². The van der Waals surface area contributed by atoms with E-state index in [1.54, 1.807) is 33.1 Å². The molecule has 1 aromatic heterocycles. The van der Waals surface area contributed by atoms with Crippen LogP contribution in [-0.4, -0.2) is 49.0 Å². The molecule has 1 N–H and O–H groups in total. The number of hydrogen-bond acceptors (Lipinski definition) is 8. The van der Waals surface area contributed by atoms with Crippen LogP contribution in [0.1, 0.15) is 35.9 Å². The molecule has 2 atom stereocenters. The number of nitrogens with one attached hydrogen (secondary N) is 1. The molecule has 2 aliphatic rings. The number of carbonyl (C=O) groups excluding carboxylic acids is 1. The Morgan fingerprint density at radius 3 is 2.24 bits per heavy atom. The summed E-state index contributed by atoms with van der Waals surface area (Å²) < 4.78 is 23.6. The molecule has 1 aliphatic carbocycles. The fraction of sp³-hybridized carbons (Fsp3) is 0.320. The van der Waals surface area contributed by atoms with Gasteiger partial charge in [-0.15, -0.1) is 0 Å². The van der Waals surface area contributed by atoms with E-state index in [9.17, 15) is 4.79 Å². The SMILES string of the molecule is COc1ccc([C@H]2C3=C(C[C@H](c4cc(OC)c(OC)c(OC)c4)CC3=O)Nc3ncnn32)cc1. The van der Waals surface area contributed by atoms with Crippen molar-refractivity contribution >= 4 is 11.7 Å². The van der Waals surface area contributed by atoms with E-state index in [4.69, 9.17) is 18.9 Å². The van der Waals surface area contributed by atoms with Crippen LogP contribution in [0.2, 0.25) is 0 Å². The molecule has 0 radical (unpaired) electrons. The van der Waals surface area contributed by atoms with Gasteiger partial charge >= 0.3 is 0 Å². The molecule has 176 valence electrons. The summed E-state index contributed by atoms with van der Waals surface area (Å²) in [4.78, 5) is 18.0. The molecule has 9 nitrogen and oxygen atoms in total. The second-order valence-electron chi connectivity index (χ2n) is 8.21. The van der Waals surface area contributed by atoms with Crippen molar-refractivity contribution in [2.24, 2.45) is 0 Å². The summed E-state index contributed by atoms with van der Waals surface area (Å²) in [5.41, 5.74) is 3.47. The molecule has 5 rings (SSSR count). The maximum Gasteiger partial charge on any atom is 0.226 e. The highest BCUT2D eigenvalue weighted by Crippen LogP contribution is 2.47. The van der Waals surface area contributed by atoms with Crippen LogP contribution in [0.3, 0.4) is 0 Å². The van der Waals surface area contributed by atoms with Crippen molar-refractivity contribution in [3.8, 4) is 23.0 Å². The van der Waals surface area contributed by atoms with Crippen molar-refractivity contribution in [2.75, 3.05) is 33.8 Å². The molecule has 1 aliphatic heterocycles. The van der Waals surface area contributed by atoms with Crippen molar-refractivity contribution in [1.29, 1.82) is 0 Å². The molecule has 9 heteroatoms. The third-order valence-corrected chi connectivity index (χ3v) is 6.45. The Balaban J connectivity index is 1.56. The zero-order valence-electron chi connectivity index (χ0n) is 19.5. The average Bonchev–Trinajstić information content (AvgIpc) is 3.34. The molecule has 3 aromatic rings. The predicted molar refractivity (Wildman–Crippen MR) is 125 cm³/mol. The van der Waals surface area contributed by atoms with Crippen molar-refractivity contribution < 1.29 is 23.7 Å². The normalized spacial score (nSPS) is 19.1. The largest absolute Gasteiger partial charge is 0.497 e. The van der Waals surface area contributed by atoms with Gasteiger partial charge in [0.25, 0.3) is 0 Å². The molecule has 2 heterocycles. The minimum atomic E-state index is -0.354. The van der Waals surface area contributed by atoms with E-state index in [0.717, 1.165) is 22.6 Å². The summed E-state index contributed by atoms with van der Waals surface area (Å²) in [6.07, 6.45) is 2.49. The molecule has 0 amide bonds. The Bertz CT molecular complexity index is 1240. The van der Waals surface area contributed by atoms with Gasteiger partial charge in [-0.1, -0.05) is 12.1 Å². The van der Waals surface area contributed by atoms with Crippen molar-refractivity contribution in [3.63, 3.8) is 0 Å². The number of aromatic nitrogens is 3. The first kappa shape index (κ1) is 21.8. The first-order valence-corrected chi connectivity index (χ1v) is 10.9. The van der Waals surface area contributed by atoms with Gasteiger partial charge in [-0.3, -0.25) is 4.79 Å². The lowest BCUT2D eigenvalue weighted by molar-refractivity contribution is -0.116. The van der Waals surface area contributed by atoms with Gasteiger partial charge in [0.1, 0.15) is 18.1 Å². The lowest BCUT2D eigenvalue weighted by Crippen LogP contribution is -2.33. The van der Waals surface area contributed by atoms with Crippen molar-refractivity contribution in [3.05, 3.63) is 65.1 Å². The van der Waals surface area contributed by atoms with Gasteiger partial charge < -0.3 is 24.3 Å². The van der Waals surface area contributed by atoms with Crippen LogP contribution in [0, 0.1) is 0 Å². The lowest BCUT2D eigenvalue weighted by atomic mass is 9.77. The number of fused-ring (bicyclic) bond motifs is 1. The number of anilines is 1. The molecular formula is C25H26N4O5. The lowest BCUT2D eigenvalue weighted by Gasteiger charge is -2.35. The third-order valence-electron chi connectivity index (χ3n) is 6.45. The Morgan fingerprint density at radius 1 is 0.912 bits per heavy atom. The van der Waals surface area contributed by atoms with E-state index in [2.05, 4.69) is 15.4 Å². The average molecular weight is 463 g/mol. The summed E-state index contributed by atoms with van der Waals surface area (Å²) in [5.74, 6) is 3.03. The first-order chi connectivity index (χ1) is 16.6. The number of rotatable bonds is 6. The molecule has 0 spiro atoms. The van der Waals surface area contributed by atoms with Gasteiger partial charge in [0.05, 0.1) is 28.4 Å². The van der Waals surface area contributed by atoms with Gasteiger partial charge in [-0.2, -0.15) is 10.1 Å². The van der Waals surface area contributed by atoms with Gasteiger partial charge in [-0.05, 0) is 47.7 Å². The molecule has 2 aromatic carbocycles. The monoisotopic (exact) mass is 462 g/mol. The van der Waals surface area contributed by atoms with Crippen LogP contribution < -0.4 is 24.3 Å².